The van der Waals surface area contributed by atoms with E-state index in [0.717, 1.165) is 22.7 Å². The maximum atomic E-state index is 5.75. The normalized spacial score (nSPS) is 10.3. The Morgan fingerprint density at radius 3 is 2.04 bits per heavy atom. The van der Waals surface area contributed by atoms with Gasteiger partial charge in [0.2, 0.25) is 0 Å². The number of benzene rings is 2. The number of rotatable bonds is 5. The summed E-state index contributed by atoms with van der Waals surface area (Å²) in [4.78, 5) is 8.53. The van der Waals surface area contributed by atoms with Gasteiger partial charge in [0.25, 0.3) is 0 Å². The van der Waals surface area contributed by atoms with Gasteiger partial charge in [-0.3, -0.25) is 0 Å². The fourth-order valence-corrected chi connectivity index (χ4v) is 2.19. The molecule has 0 radical (unpaired) electrons. The van der Waals surface area contributed by atoms with Crippen LogP contribution in [0.1, 0.15) is 17.0 Å². The summed E-state index contributed by atoms with van der Waals surface area (Å²) in [5.41, 5.74) is 2.90. The zero-order valence-electron chi connectivity index (χ0n) is 13.2. The largest absolute Gasteiger partial charge is 0.489 e. The fraction of sp³-hybridized carbons (Fsp3) is 0.158. The molecule has 116 valence electrons. The van der Waals surface area contributed by atoms with Crippen molar-refractivity contribution in [1.29, 1.82) is 0 Å². The van der Waals surface area contributed by atoms with Crippen LogP contribution in [0.5, 0.6) is 17.5 Å². The number of ether oxygens (including phenoxy) is 2. The molecular weight excluding hydrogens is 288 g/mol. The minimum absolute atomic E-state index is 0.362. The van der Waals surface area contributed by atoms with Crippen LogP contribution in [-0.2, 0) is 6.61 Å². The van der Waals surface area contributed by atoms with Gasteiger partial charge in [-0.25, -0.2) is 9.97 Å². The molecule has 1 aromatic heterocycles. The van der Waals surface area contributed by atoms with E-state index in [9.17, 15) is 0 Å². The van der Waals surface area contributed by atoms with Crippen LogP contribution in [0.2, 0.25) is 0 Å². The molecule has 4 heteroatoms. The molecule has 0 aliphatic carbocycles. The van der Waals surface area contributed by atoms with Gasteiger partial charge in [0.1, 0.15) is 18.1 Å². The van der Waals surface area contributed by atoms with Crippen molar-refractivity contribution in [3.8, 4) is 17.5 Å². The highest BCUT2D eigenvalue weighted by Crippen LogP contribution is 2.22. The van der Waals surface area contributed by atoms with Gasteiger partial charge in [-0.05, 0) is 49.7 Å². The van der Waals surface area contributed by atoms with E-state index in [1.54, 1.807) is 0 Å². The lowest BCUT2D eigenvalue weighted by Crippen LogP contribution is -1.97. The van der Waals surface area contributed by atoms with Crippen molar-refractivity contribution >= 4 is 0 Å². The molecule has 2 aromatic carbocycles. The van der Waals surface area contributed by atoms with Crippen LogP contribution in [0.3, 0.4) is 0 Å². The number of aromatic nitrogens is 2. The molecule has 0 N–H and O–H groups in total. The Bertz CT molecular complexity index is 751. The summed E-state index contributed by atoms with van der Waals surface area (Å²) in [5, 5.41) is 0. The molecule has 4 nitrogen and oxygen atoms in total. The number of aryl methyl sites for hydroxylation is 2. The summed E-state index contributed by atoms with van der Waals surface area (Å²) in [6.07, 6.45) is 0. The third kappa shape index (κ3) is 4.30. The zero-order chi connectivity index (χ0) is 16.1. The van der Waals surface area contributed by atoms with E-state index in [1.165, 1.54) is 0 Å². The Labute approximate surface area is 135 Å². The van der Waals surface area contributed by atoms with Crippen LogP contribution in [0.25, 0.3) is 0 Å². The first-order valence-electron chi connectivity index (χ1n) is 7.46. The van der Waals surface area contributed by atoms with Crippen molar-refractivity contribution in [1.82, 2.24) is 9.97 Å². The minimum Gasteiger partial charge on any atom is -0.489 e. The molecule has 0 amide bonds. The maximum absolute atomic E-state index is 5.75. The third-order valence-electron chi connectivity index (χ3n) is 3.24. The van der Waals surface area contributed by atoms with Gasteiger partial charge in [-0.2, -0.15) is 0 Å². The molecule has 0 saturated heterocycles. The molecule has 0 bridgehead atoms. The maximum Gasteiger partial charge on any atom is 0.322 e. The highest BCUT2D eigenvalue weighted by molar-refractivity contribution is 5.33. The zero-order valence-corrected chi connectivity index (χ0v) is 13.2. The summed E-state index contributed by atoms with van der Waals surface area (Å²) in [5.74, 6) is 1.48. The van der Waals surface area contributed by atoms with Crippen LogP contribution in [0.15, 0.2) is 60.7 Å². The summed E-state index contributed by atoms with van der Waals surface area (Å²) in [6, 6.07) is 19.8. The molecule has 0 aliphatic rings. The average molecular weight is 306 g/mol. The van der Waals surface area contributed by atoms with Crippen molar-refractivity contribution in [3.05, 3.63) is 77.6 Å². The van der Waals surface area contributed by atoms with Gasteiger partial charge in [0.15, 0.2) is 0 Å². The second-order valence-corrected chi connectivity index (χ2v) is 5.28. The Morgan fingerprint density at radius 2 is 1.39 bits per heavy atom. The summed E-state index contributed by atoms with van der Waals surface area (Å²) in [7, 11) is 0. The van der Waals surface area contributed by atoms with Gasteiger partial charge in [-0.15, -0.1) is 0 Å². The SMILES string of the molecule is Cc1cc(C)nc(Oc2ccc(OCc3ccccc3)cc2)n1. The average Bonchev–Trinajstić information content (AvgIpc) is 2.54. The highest BCUT2D eigenvalue weighted by atomic mass is 16.5. The lowest BCUT2D eigenvalue weighted by molar-refractivity contribution is 0.305. The molecular formula is C19H18N2O2. The van der Waals surface area contributed by atoms with Crippen molar-refractivity contribution in [2.45, 2.75) is 20.5 Å². The van der Waals surface area contributed by atoms with E-state index in [0.29, 0.717) is 18.4 Å². The van der Waals surface area contributed by atoms with Crippen molar-refractivity contribution in [2.24, 2.45) is 0 Å². The van der Waals surface area contributed by atoms with E-state index in [-0.39, 0.29) is 0 Å². The molecule has 0 unspecified atom stereocenters. The first-order valence-corrected chi connectivity index (χ1v) is 7.46. The van der Waals surface area contributed by atoms with Crippen molar-refractivity contribution < 1.29 is 9.47 Å². The molecule has 23 heavy (non-hydrogen) atoms. The van der Waals surface area contributed by atoms with Gasteiger partial charge < -0.3 is 9.47 Å². The van der Waals surface area contributed by atoms with Gasteiger partial charge in [0, 0.05) is 11.4 Å². The fourth-order valence-electron chi connectivity index (χ4n) is 2.19. The molecule has 3 rings (SSSR count). The number of hydrogen-bond acceptors (Lipinski definition) is 4. The monoisotopic (exact) mass is 306 g/mol. The smallest absolute Gasteiger partial charge is 0.322 e. The van der Waals surface area contributed by atoms with Crippen molar-refractivity contribution in [2.75, 3.05) is 0 Å². The molecule has 0 fully saturated rings. The Hall–Kier alpha value is -2.88. The molecule has 1 heterocycles. The van der Waals surface area contributed by atoms with E-state index in [1.807, 2.05) is 74.5 Å². The summed E-state index contributed by atoms with van der Waals surface area (Å²) >= 11 is 0. The molecule has 0 atom stereocenters. The van der Waals surface area contributed by atoms with Crippen LogP contribution in [0, 0.1) is 13.8 Å². The molecule has 0 saturated carbocycles. The Morgan fingerprint density at radius 1 is 0.783 bits per heavy atom. The van der Waals surface area contributed by atoms with Crippen LogP contribution >= 0.6 is 0 Å². The summed E-state index contributed by atoms with van der Waals surface area (Å²) in [6.45, 7) is 4.38. The third-order valence-corrected chi connectivity index (χ3v) is 3.24. The van der Waals surface area contributed by atoms with Gasteiger partial charge in [0.05, 0.1) is 0 Å². The van der Waals surface area contributed by atoms with E-state index in [4.69, 9.17) is 9.47 Å². The predicted molar refractivity (Wildman–Crippen MR) is 88.8 cm³/mol. The van der Waals surface area contributed by atoms with Crippen LogP contribution in [-0.4, -0.2) is 9.97 Å². The Kier molecular flexibility index (Phi) is 4.52. The number of nitrogens with zero attached hydrogens (tertiary/aromatic N) is 2. The number of hydrogen-bond donors (Lipinski definition) is 0. The minimum atomic E-state index is 0.362. The molecule has 3 aromatic rings. The topological polar surface area (TPSA) is 44.2 Å². The Balaban J connectivity index is 1.62. The van der Waals surface area contributed by atoms with Crippen molar-refractivity contribution in [3.63, 3.8) is 0 Å². The predicted octanol–water partition coefficient (Wildman–Crippen LogP) is 4.46. The van der Waals surface area contributed by atoms with Crippen LogP contribution in [0.4, 0.5) is 0 Å². The van der Waals surface area contributed by atoms with Gasteiger partial charge >= 0.3 is 6.01 Å². The molecule has 0 spiro atoms. The van der Waals surface area contributed by atoms with E-state index in [2.05, 4.69) is 9.97 Å². The quantitative estimate of drug-likeness (QED) is 0.698. The summed E-state index contributed by atoms with van der Waals surface area (Å²) < 4.78 is 11.4. The highest BCUT2D eigenvalue weighted by Gasteiger charge is 2.03. The molecule has 0 aliphatic heterocycles. The second kappa shape index (κ2) is 6.92. The van der Waals surface area contributed by atoms with E-state index < -0.39 is 0 Å². The van der Waals surface area contributed by atoms with Gasteiger partial charge in [-0.1, -0.05) is 30.3 Å². The second-order valence-electron chi connectivity index (χ2n) is 5.28. The lowest BCUT2D eigenvalue weighted by Gasteiger charge is -2.08. The first-order chi connectivity index (χ1) is 11.2. The first kappa shape index (κ1) is 15.0. The van der Waals surface area contributed by atoms with E-state index >= 15 is 0 Å². The van der Waals surface area contributed by atoms with Crippen LogP contribution < -0.4 is 9.47 Å². The standard InChI is InChI=1S/C19H18N2O2/c1-14-12-15(2)21-19(20-14)23-18-10-8-17(9-11-18)22-13-16-6-4-3-5-7-16/h3-12H,13H2,1-2H3. The lowest BCUT2D eigenvalue weighted by atomic mass is 10.2.